The van der Waals surface area contributed by atoms with Crippen molar-refractivity contribution in [1.82, 2.24) is 14.8 Å². The molecule has 1 unspecified atom stereocenters. The topological polar surface area (TPSA) is 50.9 Å². The van der Waals surface area contributed by atoms with Crippen LogP contribution < -0.4 is 0 Å². The third kappa shape index (κ3) is 2.67. The first-order valence-corrected chi connectivity index (χ1v) is 7.22. The van der Waals surface area contributed by atoms with E-state index in [1.165, 1.54) is 0 Å². The first kappa shape index (κ1) is 13.8. The second kappa shape index (κ2) is 5.66. The highest BCUT2D eigenvalue weighted by atomic mass is 16.3. The average molecular weight is 281 g/mol. The van der Waals surface area contributed by atoms with Gasteiger partial charge in [0.1, 0.15) is 0 Å². The van der Waals surface area contributed by atoms with Crippen molar-refractivity contribution in [3.8, 4) is 0 Å². The Balaban J connectivity index is 1.93. The molecule has 3 rings (SSSR count). The van der Waals surface area contributed by atoms with Crippen molar-refractivity contribution in [2.75, 3.05) is 0 Å². The van der Waals surface area contributed by atoms with Crippen molar-refractivity contribution in [2.24, 2.45) is 7.05 Å². The lowest BCUT2D eigenvalue weighted by atomic mass is 10.00. The quantitative estimate of drug-likeness (QED) is 0.800. The van der Waals surface area contributed by atoms with Gasteiger partial charge < -0.3 is 5.11 Å². The Morgan fingerprint density at radius 1 is 1.24 bits per heavy atom. The summed E-state index contributed by atoms with van der Waals surface area (Å²) < 4.78 is 1.85. The van der Waals surface area contributed by atoms with Crippen LogP contribution in [0.3, 0.4) is 0 Å². The van der Waals surface area contributed by atoms with Crippen LogP contribution in [-0.2, 0) is 19.9 Å². The van der Waals surface area contributed by atoms with Crippen LogP contribution >= 0.6 is 0 Å². The highest BCUT2D eigenvalue weighted by molar-refractivity contribution is 5.82. The molecule has 0 aliphatic rings. The summed E-state index contributed by atoms with van der Waals surface area (Å²) in [6, 6.07) is 11.8. The van der Waals surface area contributed by atoms with Crippen LogP contribution in [-0.4, -0.2) is 19.9 Å². The molecule has 0 fully saturated rings. The van der Waals surface area contributed by atoms with Gasteiger partial charge in [-0.15, -0.1) is 0 Å². The van der Waals surface area contributed by atoms with Gasteiger partial charge >= 0.3 is 0 Å². The Bertz CT molecular complexity index is 758. The molecule has 108 valence electrons. The zero-order chi connectivity index (χ0) is 14.8. The van der Waals surface area contributed by atoms with Crippen molar-refractivity contribution in [3.05, 3.63) is 59.5 Å². The zero-order valence-electron chi connectivity index (χ0n) is 12.3. The van der Waals surface area contributed by atoms with E-state index >= 15 is 0 Å². The lowest BCUT2D eigenvalue weighted by Crippen LogP contribution is -2.07. The SMILES string of the molecule is CCc1cc(CC(O)c2cccc3ncccc23)n(C)n1. The van der Waals surface area contributed by atoms with E-state index in [4.69, 9.17) is 0 Å². The summed E-state index contributed by atoms with van der Waals surface area (Å²) in [5, 5.41) is 16.0. The summed E-state index contributed by atoms with van der Waals surface area (Å²) >= 11 is 0. The second-order valence-electron chi connectivity index (χ2n) is 5.24. The minimum Gasteiger partial charge on any atom is -0.388 e. The molecule has 0 aliphatic heterocycles. The molecule has 1 aromatic carbocycles. The van der Waals surface area contributed by atoms with Crippen LogP contribution in [0.15, 0.2) is 42.6 Å². The number of aromatic nitrogens is 3. The highest BCUT2D eigenvalue weighted by Crippen LogP contribution is 2.25. The highest BCUT2D eigenvalue weighted by Gasteiger charge is 2.15. The number of nitrogens with zero attached hydrogens (tertiary/aromatic N) is 3. The number of aryl methyl sites for hydroxylation is 2. The van der Waals surface area contributed by atoms with Crippen LogP contribution in [0, 0.1) is 0 Å². The van der Waals surface area contributed by atoms with Gasteiger partial charge in [-0.25, -0.2) is 0 Å². The third-order valence-electron chi connectivity index (χ3n) is 3.83. The van der Waals surface area contributed by atoms with Crippen molar-refractivity contribution in [2.45, 2.75) is 25.9 Å². The van der Waals surface area contributed by atoms with Crippen LogP contribution in [0.5, 0.6) is 0 Å². The lowest BCUT2D eigenvalue weighted by Gasteiger charge is -2.13. The maximum atomic E-state index is 10.6. The molecular weight excluding hydrogens is 262 g/mol. The van der Waals surface area contributed by atoms with Gasteiger partial charge in [0.2, 0.25) is 0 Å². The number of aliphatic hydroxyl groups excluding tert-OH is 1. The van der Waals surface area contributed by atoms with Crippen LogP contribution in [0.4, 0.5) is 0 Å². The van der Waals surface area contributed by atoms with E-state index in [2.05, 4.69) is 23.1 Å². The Kier molecular flexibility index (Phi) is 3.71. The molecule has 0 radical (unpaired) electrons. The molecule has 0 amide bonds. The predicted octanol–water partition coefficient (Wildman–Crippen LogP) is 2.81. The van der Waals surface area contributed by atoms with Crippen molar-refractivity contribution in [1.29, 1.82) is 0 Å². The fourth-order valence-electron chi connectivity index (χ4n) is 2.66. The van der Waals surface area contributed by atoms with Gasteiger partial charge in [0.25, 0.3) is 0 Å². The number of pyridine rings is 1. The number of benzene rings is 1. The summed E-state index contributed by atoms with van der Waals surface area (Å²) in [5.41, 5.74) is 3.92. The number of aliphatic hydroxyl groups is 1. The number of rotatable bonds is 4. The first-order chi connectivity index (χ1) is 10.2. The largest absolute Gasteiger partial charge is 0.388 e. The Morgan fingerprint density at radius 2 is 2.10 bits per heavy atom. The molecule has 4 nitrogen and oxygen atoms in total. The van der Waals surface area contributed by atoms with E-state index in [0.29, 0.717) is 6.42 Å². The van der Waals surface area contributed by atoms with Gasteiger partial charge in [-0.1, -0.05) is 25.1 Å². The van der Waals surface area contributed by atoms with E-state index in [-0.39, 0.29) is 0 Å². The smallest absolute Gasteiger partial charge is 0.0851 e. The van der Waals surface area contributed by atoms with E-state index < -0.39 is 6.10 Å². The van der Waals surface area contributed by atoms with Crippen molar-refractivity contribution in [3.63, 3.8) is 0 Å². The molecule has 0 saturated carbocycles. The molecule has 1 N–H and O–H groups in total. The molecule has 2 aromatic heterocycles. The molecular formula is C17H19N3O. The van der Waals surface area contributed by atoms with Crippen molar-refractivity contribution < 1.29 is 5.11 Å². The molecule has 3 aromatic rings. The van der Waals surface area contributed by atoms with E-state index in [9.17, 15) is 5.11 Å². The molecule has 21 heavy (non-hydrogen) atoms. The zero-order valence-corrected chi connectivity index (χ0v) is 12.3. The minimum atomic E-state index is -0.557. The molecule has 4 heteroatoms. The van der Waals surface area contributed by atoms with Crippen LogP contribution in [0.2, 0.25) is 0 Å². The van der Waals surface area contributed by atoms with Crippen molar-refractivity contribution >= 4 is 10.9 Å². The Labute approximate surface area is 124 Å². The van der Waals surface area contributed by atoms with Gasteiger partial charge in [-0.05, 0) is 30.2 Å². The van der Waals surface area contributed by atoms with Gasteiger partial charge in [0.05, 0.1) is 17.3 Å². The monoisotopic (exact) mass is 281 g/mol. The van der Waals surface area contributed by atoms with E-state index in [0.717, 1.165) is 34.3 Å². The van der Waals surface area contributed by atoms with Gasteiger partial charge in [0.15, 0.2) is 0 Å². The van der Waals surface area contributed by atoms with Gasteiger partial charge in [0, 0.05) is 30.7 Å². The minimum absolute atomic E-state index is 0.553. The molecule has 0 spiro atoms. The molecule has 0 bridgehead atoms. The van der Waals surface area contributed by atoms with Gasteiger partial charge in [-0.2, -0.15) is 5.10 Å². The normalized spacial score (nSPS) is 12.7. The molecule has 2 heterocycles. The van der Waals surface area contributed by atoms with Crippen LogP contribution in [0.1, 0.15) is 30.0 Å². The van der Waals surface area contributed by atoms with E-state index in [1.54, 1.807) is 6.20 Å². The maximum Gasteiger partial charge on any atom is 0.0851 e. The van der Waals surface area contributed by atoms with E-state index in [1.807, 2.05) is 42.1 Å². The summed E-state index contributed by atoms with van der Waals surface area (Å²) in [6.45, 7) is 2.08. The second-order valence-corrected chi connectivity index (χ2v) is 5.24. The number of hydrogen-bond donors (Lipinski definition) is 1. The fourth-order valence-corrected chi connectivity index (χ4v) is 2.66. The van der Waals surface area contributed by atoms with Gasteiger partial charge in [-0.3, -0.25) is 9.67 Å². The maximum absolute atomic E-state index is 10.6. The lowest BCUT2D eigenvalue weighted by molar-refractivity contribution is 0.177. The fraction of sp³-hybridized carbons (Fsp3) is 0.294. The molecule has 0 aliphatic carbocycles. The number of hydrogen-bond acceptors (Lipinski definition) is 3. The Morgan fingerprint density at radius 3 is 2.86 bits per heavy atom. The molecule has 1 atom stereocenters. The first-order valence-electron chi connectivity index (χ1n) is 7.22. The predicted molar refractivity (Wildman–Crippen MR) is 83.0 cm³/mol. The van der Waals surface area contributed by atoms with Crippen LogP contribution in [0.25, 0.3) is 10.9 Å². The standard InChI is InChI=1S/C17H19N3O/c1-3-12-10-13(20(2)19-12)11-17(21)15-6-4-8-16-14(15)7-5-9-18-16/h4-10,17,21H,3,11H2,1-2H3. The summed E-state index contributed by atoms with van der Waals surface area (Å²) in [4.78, 5) is 4.34. The third-order valence-corrected chi connectivity index (χ3v) is 3.83. The number of fused-ring (bicyclic) bond motifs is 1. The average Bonchev–Trinajstić information content (AvgIpc) is 2.87. The summed E-state index contributed by atoms with van der Waals surface area (Å²) in [7, 11) is 1.92. The Hall–Kier alpha value is -2.20. The summed E-state index contributed by atoms with van der Waals surface area (Å²) in [5.74, 6) is 0. The summed E-state index contributed by atoms with van der Waals surface area (Å²) in [6.07, 6.45) is 2.67. The molecule has 0 saturated heterocycles.